The first-order chi connectivity index (χ1) is 12.6. The van der Waals surface area contributed by atoms with E-state index in [1.54, 1.807) is 19.2 Å². The highest BCUT2D eigenvalue weighted by atomic mass is 19.1. The molecule has 138 valence electrons. The van der Waals surface area contributed by atoms with Crippen molar-refractivity contribution in [2.45, 2.75) is 25.9 Å². The van der Waals surface area contributed by atoms with Gasteiger partial charge in [0.25, 0.3) is 0 Å². The van der Waals surface area contributed by atoms with Gasteiger partial charge in [-0.25, -0.2) is 4.39 Å². The lowest BCUT2D eigenvalue weighted by molar-refractivity contribution is 0.0485. The number of rotatable bonds is 6. The maximum absolute atomic E-state index is 13.0. The predicted molar refractivity (Wildman–Crippen MR) is 101 cm³/mol. The molecule has 3 nitrogen and oxygen atoms in total. The number of nitrogens with zero attached hydrogens (tertiary/aromatic N) is 1. The number of halogens is 1. The fourth-order valence-electron chi connectivity index (χ4n) is 3.56. The van der Waals surface area contributed by atoms with E-state index in [-0.39, 0.29) is 23.6 Å². The van der Waals surface area contributed by atoms with Crippen molar-refractivity contribution < 1.29 is 13.9 Å². The highest BCUT2D eigenvalue weighted by Gasteiger charge is 2.27. The molecule has 26 heavy (non-hydrogen) atoms. The molecule has 1 heterocycles. The number of benzene rings is 2. The van der Waals surface area contributed by atoms with Crippen LogP contribution in [0, 0.1) is 18.7 Å². The van der Waals surface area contributed by atoms with Crippen molar-refractivity contribution in [3.63, 3.8) is 0 Å². The van der Waals surface area contributed by atoms with E-state index in [1.807, 2.05) is 0 Å². The lowest BCUT2D eigenvalue weighted by atomic mass is 9.88. The van der Waals surface area contributed by atoms with Crippen molar-refractivity contribution in [1.29, 1.82) is 0 Å². The molecule has 1 atom stereocenters. The first-order valence-electron chi connectivity index (χ1n) is 9.18. The third kappa shape index (κ3) is 4.57. The number of aryl methyl sites for hydroxylation is 1. The van der Waals surface area contributed by atoms with Gasteiger partial charge in [0.2, 0.25) is 0 Å². The van der Waals surface area contributed by atoms with E-state index in [9.17, 15) is 9.18 Å². The Morgan fingerprint density at radius 1 is 1.12 bits per heavy atom. The first kappa shape index (κ1) is 18.7. The van der Waals surface area contributed by atoms with Crippen molar-refractivity contribution in [2.24, 2.45) is 5.92 Å². The molecule has 0 spiro atoms. The largest absolute Gasteiger partial charge is 0.375 e. The van der Waals surface area contributed by atoms with Gasteiger partial charge in [0, 0.05) is 25.1 Å². The molecule has 0 aromatic heterocycles. The fraction of sp³-hybridized carbons (Fsp3) is 0.409. The van der Waals surface area contributed by atoms with Crippen LogP contribution in [-0.4, -0.2) is 37.4 Å². The number of methoxy groups -OCH3 is 1. The normalized spacial score (nSPS) is 17.2. The topological polar surface area (TPSA) is 29.5 Å². The van der Waals surface area contributed by atoms with Gasteiger partial charge in [-0.1, -0.05) is 29.8 Å². The summed E-state index contributed by atoms with van der Waals surface area (Å²) in [4.78, 5) is 14.9. The molecule has 0 bridgehead atoms. The molecule has 4 heteroatoms. The Morgan fingerprint density at radius 3 is 2.31 bits per heavy atom. The molecule has 0 aliphatic carbocycles. The number of piperidine rings is 1. The molecule has 0 amide bonds. The third-order valence-electron chi connectivity index (χ3n) is 5.24. The Bertz CT molecular complexity index is 719. The van der Waals surface area contributed by atoms with Gasteiger partial charge in [-0.3, -0.25) is 4.79 Å². The van der Waals surface area contributed by atoms with E-state index in [2.05, 4.69) is 36.1 Å². The molecular weight excluding hydrogens is 329 g/mol. The maximum atomic E-state index is 13.0. The molecule has 1 unspecified atom stereocenters. The highest BCUT2D eigenvalue weighted by molar-refractivity contribution is 5.97. The summed E-state index contributed by atoms with van der Waals surface area (Å²) in [7, 11) is 1.75. The number of carbonyl (C=O) groups excluding carboxylic acids is 1. The number of hydrogen-bond donors (Lipinski definition) is 0. The lowest BCUT2D eigenvalue weighted by Crippen LogP contribution is -2.39. The molecule has 0 N–H and O–H groups in total. The van der Waals surface area contributed by atoms with Crippen LogP contribution in [0.25, 0.3) is 0 Å². The second-order valence-electron chi connectivity index (χ2n) is 7.08. The average Bonchev–Trinajstić information content (AvgIpc) is 2.67. The van der Waals surface area contributed by atoms with Crippen LogP contribution in [0.5, 0.6) is 0 Å². The van der Waals surface area contributed by atoms with Crippen LogP contribution in [0.15, 0.2) is 48.5 Å². The van der Waals surface area contributed by atoms with Gasteiger partial charge in [0.05, 0.1) is 6.10 Å². The van der Waals surface area contributed by atoms with Crippen LogP contribution in [0.1, 0.15) is 40.4 Å². The summed E-state index contributed by atoms with van der Waals surface area (Å²) in [5.41, 5.74) is 3.03. The van der Waals surface area contributed by atoms with Crippen LogP contribution in [0.2, 0.25) is 0 Å². The van der Waals surface area contributed by atoms with Gasteiger partial charge >= 0.3 is 0 Å². The molecule has 1 aliphatic rings. The number of hydrogen-bond acceptors (Lipinski definition) is 3. The van der Waals surface area contributed by atoms with Crippen molar-refractivity contribution in [1.82, 2.24) is 4.90 Å². The molecule has 0 saturated carbocycles. The van der Waals surface area contributed by atoms with Crippen molar-refractivity contribution in [2.75, 3.05) is 26.7 Å². The van der Waals surface area contributed by atoms with Gasteiger partial charge in [0.1, 0.15) is 5.82 Å². The summed E-state index contributed by atoms with van der Waals surface area (Å²) >= 11 is 0. The molecule has 2 aromatic rings. The van der Waals surface area contributed by atoms with E-state index in [4.69, 9.17) is 4.74 Å². The SMILES string of the molecule is COC(CN1CCC(C(=O)c2ccc(F)cc2)CC1)c1ccc(C)cc1. The van der Waals surface area contributed by atoms with Crippen molar-refractivity contribution in [3.05, 3.63) is 71.0 Å². The van der Waals surface area contributed by atoms with E-state index in [0.29, 0.717) is 5.56 Å². The smallest absolute Gasteiger partial charge is 0.166 e. The molecule has 1 aliphatic heterocycles. The predicted octanol–water partition coefficient (Wildman–Crippen LogP) is 4.42. The van der Waals surface area contributed by atoms with Crippen LogP contribution in [-0.2, 0) is 4.74 Å². The fourth-order valence-corrected chi connectivity index (χ4v) is 3.56. The minimum Gasteiger partial charge on any atom is -0.375 e. The highest BCUT2D eigenvalue weighted by Crippen LogP contribution is 2.25. The first-order valence-corrected chi connectivity index (χ1v) is 9.18. The summed E-state index contributed by atoms with van der Waals surface area (Å²) in [6, 6.07) is 14.3. The van der Waals surface area contributed by atoms with Crippen molar-refractivity contribution >= 4 is 5.78 Å². The Kier molecular flexibility index (Phi) is 6.17. The molecule has 1 fully saturated rings. The second kappa shape index (κ2) is 8.56. The standard InChI is InChI=1S/C22H26FNO2/c1-16-3-5-17(6-4-16)21(26-2)15-24-13-11-19(12-14-24)22(25)18-7-9-20(23)10-8-18/h3-10,19,21H,11-15H2,1-2H3. The Hall–Kier alpha value is -2.04. The molecule has 1 saturated heterocycles. The zero-order chi connectivity index (χ0) is 18.5. The van der Waals surface area contributed by atoms with Crippen molar-refractivity contribution in [3.8, 4) is 0 Å². The number of likely N-dealkylation sites (tertiary alicyclic amines) is 1. The zero-order valence-corrected chi connectivity index (χ0v) is 15.5. The van der Waals surface area contributed by atoms with Gasteiger partial charge in [-0.15, -0.1) is 0 Å². The van der Waals surface area contributed by atoms with E-state index >= 15 is 0 Å². The second-order valence-corrected chi connectivity index (χ2v) is 7.08. The Balaban J connectivity index is 1.55. The lowest BCUT2D eigenvalue weighted by Gasteiger charge is -2.33. The zero-order valence-electron chi connectivity index (χ0n) is 15.5. The van der Waals surface area contributed by atoms with Crippen LogP contribution < -0.4 is 0 Å². The van der Waals surface area contributed by atoms with Crippen LogP contribution in [0.3, 0.4) is 0 Å². The monoisotopic (exact) mass is 355 g/mol. The van der Waals surface area contributed by atoms with Gasteiger partial charge in [-0.2, -0.15) is 0 Å². The van der Waals surface area contributed by atoms with Gasteiger partial charge < -0.3 is 9.64 Å². The number of ether oxygens (including phenoxy) is 1. The van der Waals surface area contributed by atoms with Gasteiger partial charge in [0.15, 0.2) is 5.78 Å². The molecular formula is C22H26FNO2. The van der Waals surface area contributed by atoms with E-state index in [1.165, 1.54) is 23.3 Å². The average molecular weight is 355 g/mol. The summed E-state index contributed by atoms with van der Waals surface area (Å²) in [6.45, 7) is 4.66. The quantitative estimate of drug-likeness (QED) is 0.719. The number of ketones is 1. The molecule has 0 radical (unpaired) electrons. The van der Waals surface area contributed by atoms with Crippen LogP contribution >= 0.6 is 0 Å². The van der Waals surface area contributed by atoms with E-state index < -0.39 is 0 Å². The Labute approximate surface area is 154 Å². The summed E-state index contributed by atoms with van der Waals surface area (Å²) < 4.78 is 18.7. The van der Waals surface area contributed by atoms with Crippen LogP contribution in [0.4, 0.5) is 4.39 Å². The third-order valence-corrected chi connectivity index (χ3v) is 5.24. The molecule has 2 aromatic carbocycles. The maximum Gasteiger partial charge on any atom is 0.166 e. The summed E-state index contributed by atoms with van der Waals surface area (Å²) in [5.74, 6) is -0.151. The minimum atomic E-state index is -0.307. The van der Waals surface area contributed by atoms with E-state index in [0.717, 1.165) is 32.5 Å². The number of carbonyl (C=O) groups is 1. The minimum absolute atomic E-state index is 0.0251. The van der Waals surface area contributed by atoms with Gasteiger partial charge in [-0.05, 0) is 62.7 Å². The summed E-state index contributed by atoms with van der Waals surface area (Å²) in [6.07, 6.45) is 1.71. The number of Topliss-reactive ketones (excluding diaryl/α,β-unsaturated/α-hetero) is 1. The summed E-state index contributed by atoms with van der Waals surface area (Å²) in [5, 5.41) is 0. The molecule has 3 rings (SSSR count). The Morgan fingerprint density at radius 2 is 1.73 bits per heavy atom.